The number of rotatable bonds is 1. The van der Waals surface area contributed by atoms with Crippen LogP contribution in [0.15, 0.2) is 41.5 Å². The molecule has 0 unspecified atom stereocenters. The van der Waals surface area contributed by atoms with E-state index in [4.69, 9.17) is 5.73 Å². The fraction of sp³-hybridized carbons (Fsp3) is 0.188. The fourth-order valence-corrected chi connectivity index (χ4v) is 3.02. The van der Waals surface area contributed by atoms with Gasteiger partial charge in [-0.15, -0.1) is 0 Å². The van der Waals surface area contributed by atoms with Crippen LogP contribution in [0.4, 0.5) is 11.6 Å². The minimum atomic E-state index is -0.0956. The average Bonchev–Trinajstić information content (AvgIpc) is 2.54. The number of nitrogens with zero attached hydrogens (tertiary/aromatic N) is 3. The van der Waals surface area contributed by atoms with Crippen molar-refractivity contribution in [3.63, 3.8) is 0 Å². The van der Waals surface area contributed by atoms with Gasteiger partial charge in [0, 0.05) is 23.6 Å². The Kier molecular flexibility index (Phi) is 2.82. The maximum absolute atomic E-state index is 11.9. The van der Waals surface area contributed by atoms with Crippen LogP contribution in [0.25, 0.3) is 10.8 Å². The van der Waals surface area contributed by atoms with E-state index in [1.807, 2.05) is 24.3 Å². The molecule has 110 valence electrons. The summed E-state index contributed by atoms with van der Waals surface area (Å²) in [5, 5.41) is 1.97. The van der Waals surface area contributed by atoms with Crippen molar-refractivity contribution in [2.24, 2.45) is 0 Å². The molecular weight excluding hydrogens is 278 g/mol. The topological polar surface area (TPSA) is 87.9 Å². The van der Waals surface area contributed by atoms with Gasteiger partial charge in [0.05, 0.1) is 12.2 Å². The Morgan fingerprint density at radius 1 is 1.23 bits per heavy atom. The molecule has 3 aromatic rings. The number of aromatic nitrogens is 3. The third kappa shape index (κ3) is 2.00. The van der Waals surface area contributed by atoms with Crippen molar-refractivity contribution >= 4 is 22.4 Å². The van der Waals surface area contributed by atoms with Crippen molar-refractivity contribution in [2.75, 3.05) is 17.2 Å². The Morgan fingerprint density at radius 3 is 3.00 bits per heavy atom. The molecule has 22 heavy (non-hydrogen) atoms. The summed E-state index contributed by atoms with van der Waals surface area (Å²) in [4.78, 5) is 25.4. The van der Waals surface area contributed by atoms with Crippen molar-refractivity contribution in [3.05, 3.63) is 58.3 Å². The molecule has 0 fully saturated rings. The van der Waals surface area contributed by atoms with E-state index in [0.29, 0.717) is 12.4 Å². The lowest BCUT2D eigenvalue weighted by Crippen LogP contribution is -2.33. The predicted molar refractivity (Wildman–Crippen MR) is 85.8 cm³/mol. The second kappa shape index (κ2) is 4.84. The zero-order chi connectivity index (χ0) is 15.1. The number of benzene rings is 1. The highest BCUT2D eigenvalue weighted by atomic mass is 16.1. The van der Waals surface area contributed by atoms with Gasteiger partial charge in [-0.2, -0.15) is 0 Å². The lowest BCUT2D eigenvalue weighted by atomic mass is 10.0. The number of pyridine rings is 1. The summed E-state index contributed by atoms with van der Waals surface area (Å²) in [6.07, 6.45) is 2.26. The van der Waals surface area contributed by atoms with Crippen LogP contribution in [-0.2, 0) is 13.0 Å². The summed E-state index contributed by atoms with van der Waals surface area (Å²) in [6, 6.07) is 9.50. The minimum absolute atomic E-state index is 0.0956. The largest absolute Gasteiger partial charge is 0.383 e. The number of nitrogen functional groups attached to an aromatic ring is 1. The van der Waals surface area contributed by atoms with Crippen LogP contribution in [0.3, 0.4) is 0 Å². The predicted octanol–water partition coefficient (Wildman–Crippen LogP) is 1.46. The van der Waals surface area contributed by atoms with Gasteiger partial charge in [-0.05, 0) is 11.8 Å². The van der Waals surface area contributed by atoms with Gasteiger partial charge in [0.15, 0.2) is 0 Å². The van der Waals surface area contributed by atoms with Gasteiger partial charge in [-0.1, -0.05) is 24.3 Å². The Bertz CT molecular complexity index is 918. The van der Waals surface area contributed by atoms with Crippen molar-refractivity contribution in [1.82, 2.24) is 15.0 Å². The van der Waals surface area contributed by atoms with E-state index in [0.717, 1.165) is 40.8 Å². The molecule has 4 rings (SSSR count). The van der Waals surface area contributed by atoms with E-state index >= 15 is 0 Å². The van der Waals surface area contributed by atoms with Gasteiger partial charge in [-0.25, -0.2) is 9.97 Å². The number of nitrogens with one attached hydrogen (secondary N) is 1. The molecule has 0 bridgehead atoms. The Labute approximate surface area is 126 Å². The Morgan fingerprint density at radius 2 is 2.09 bits per heavy atom. The number of H-pyrrole nitrogens is 1. The summed E-state index contributed by atoms with van der Waals surface area (Å²) in [6.45, 7) is 1.39. The van der Waals surface area contributed by atoms with Crippen LogP contribution in [-0.4, -0.2) is 21.5 Å². The van der Waals surface area contributed by atoms with Gasteiger partial charge in [0.1, 0.15) is 18.0 Å². The third-order valence-electron chi connectivity index (χ3n) is 4.10. The van der Waals surface area contributed by atoms with Crippen LogP contribution in [0.5, 0.6) is 0 Å². The summed E-state index contributed by atoms with van der Waals surface area (Å²) < 4.78 is 0. The van der Waals surface area contributed by atoms with Gasteiger partial charge in [-0.3, -0.25) is 4.79 Å². The Hall–Kier alpha value is -2.89. The van der Waals surface area contributed by atoms with Crippen molar-refractivity contribution in [2.45, 2.75) is 13.0 Å². The molecule has 1 aliphatic heterocycles. The lowest BCUT2D eigenvalue weighted by Gasteiger charge is -2.30. The SMILES string of the molecule is Nc1ncnc2c1CCN(c1[nH]c(=O)cc3ccccc13)C2. The van der Waals surface area contributed by atoms with E-state index < -0.39 is 0 Å². The van der Waals surface area contributed by atoms with Crippen molar-refractivity contribution < 1.29 is 0 Å². The molecule has 3 N–H and O–H groups in total. The zero-order valence-electron chi connectivity index (χ0n) is 11.9. The highest BCUT2D eigenvalue weighted by Crippen LogP contribution is 2.28. The first-order chi connectivity index (χ1) is 10.7. The van der Waals surface area contributed by atoms with Crippen LogP contribution >= 0.6 is 0 Å². The summed E-state index contributed by atoms with van der Waals surface area (Å²) in [5.41, 5.74) is 7.76. The normalized spacial score (nSPS) is 14.1. The van der Waals surface area contributed by atoms with Gasteiger partial charge >= 0.3 is 0 Å². The zero-order valence-corrected chi connectivity index (χ0v) is 11.9. The maximum Gasteiger partial charge on any atom is 0.250 e. The first kappa shape index (κ1) is 12.8. The molecule has 0 spiro atoms. The molecular formula is C16H15N5O. The van der Waals surface area contributed by atoms with Crippen LogP contribution in [0, 0.1) is 0 Å². The third-order valence-corrected chi connectivity index (χ3v) is 4.10. The van der Waals surface area contributed by atoms with Crippen LogP contribution in [0.1, 0.15) is 11.3 Å². The molecule has 0 amide bonds. The summed E-state index contributed by atoms with van der Waals surface area (Å²) in [5.74, 6) is 1.39. The number of hydrogen-bond donors (Lipinski definition) is 2. The molecule has 6 heteroatoms. The molecule has 0 radical (unpaired) electrons. The van der Waals surface area contributed by atoms with E-state index in [-0.39, 0.29) is 5.56 Å². The van der Waals surface area contributed by atoms with E-state index in [9.17, 15) is 4.79 Å². The quantitative estimate of drug-likeness (QED) is 0.709. The Balaban J connectivity index is 1.82. The number of fused-ring (bicyclic) bond motifs is 2. The van der Waals surface area contributed by atoms with Crippen molar-refractivity contribution in [1.29, 1.82) is 0 Å². The van der Waals surface area contributed by atoms with E-state index in [2.05, 4.69) is 19.9 Å². The van der Waals surface area contributed by atoms with Crippen LogP contribution in [0.2, 0.25) is 0 Å². The van der Waals surface area contributed by atoms with Gasteiger partial charge in [0.2, 0.25) is 5.56 Å². The minimum Gasteiger partial charge on any atom is -0.383 e. The molecule has 0 atom stereocenters. The first-order valence-corrected chi connectivity index (χ1v) is 7.17. The van der Waals surface area contributed by atoms with E-state index in [1.54, 1.807) is 6.07 Å². The molecule has 1 aromatic carbocycles. The standard InChI is InChI=1S/C16H15N5O/c17-15-12-5-6-21(8-13(12)18-9-19-15)16-11-4-2-1-3-10(11)7-14(22)20-16/h1-4,7,9H,5-6,8H2,(H,20,22)(H2,17,18,19). The van der Waals surface area contributed by atoms with Gasteiger partial charge in [0.25, 0.3) is 0 Å². The highest BCUT2D eigenvalue weighted by Gasteiger charge is 2.22. The number of aromatic amines is 1. The van der Waals surface area contributed by atoms with Crippen molar-refractivity contribution in [3.8, 4) is 0 Å². The van der Waals surface area contributed by atoms with E-state index in [1.165, 1.54) is 6.33 Å². The molecule has 2 aromatic heterocycles. The van der Waals surface area contributed by atoms with Gasteiger partial charge < -0.3 is 15.6 Å². The molecule has 6 nitrogen and oxygen atoms in total. The highest BCUT2D eigenvalue weighted by molar-refractivity contribution is 5.92. The fourth-order valence-electron chi connectivity index (χ4n) is 3.02. The number of anilines is 2. The molecule has 3 heterocycles. The first-order valence-electron chi connectivity index (χ1n) is 7.17. The monoisotopic (exact) mass is 293 g/mol. The second-order valence-electron chi connectivity index (χ2n) is 5.43. The maximum atomic E-state index is 11.9. The second-order valence-corrected chi connectivity index (χ2v) is 5.43. The number of nitrogens with two attached hydrogens (primary N) is 1. The number of hydrogen-bond acceptors (Lipinski definition) is 5. The summed E-state index contributed by atoms with van der Waals surface area (Å²) in [7, 11) is 0. The molecule has 0 saturated heterocycles. The van der Waals surface area contributed by atoms with Crippen LogP contribution < -0.4 is 16.2 Å². The summed E-state index contributed by atoms with van der Waals surface area (Å²) >= 11 is 0. The smallest absolute Gasteiger partial charge is 0.250 e. The average molecular weight is 293 g/mol. The lowest BCUT2D eigenvalue weighted by molar-refractivity contribution is 0.699. The molecule has 0 saturated carbocycles. The molecule has 0 aliphatic carbocycles. The molecule has 1 aliphatic rings.